The summed E-state index contributed by atoms with van der Waals surface area (Å²) in [6, 6.07) is 31.7. The van der Waals surface area contributed by atoms with Gasteiger partial charge in [0.2, 0.25) is 0 Å². The van der Waals surface area contributed by atoms with Gasteiger partial charge in [-0.1, -0.05) is 233 Å². The van der Waals surface area contributed by atoms with Crippen LogP contribution < -0.4 is 0 Å². The molecule has 0 aliphatic heterocycles. The third-order valence-corrected chi connectivity index (χ3v) is 18.3. The standard InChI is InChI=1S/C44H66O.C38H54O/c1-7-13-20-34-28-30-37(41(25-17-11-5)39(34)23-15-9-3)32-36-22-19-27-44(45)43(36)33-38-31-29-35(21-14-8-2)40(24-16-10-4)42(38)26-18-12-6;1-7-14-28-22-24-31(35(18-11-5)33(28)16-9-3)26-30-20-13-21-38(39)37(30)27-32-25-23-29(15-8-2)34(17-10-4)36(32)19-12-6/h19,22,27-31,45H,7-18,20-21,23-26,32-33H2,1-6H3;13,20-25,39H,7-12,14-19,26-27H2,1-6H3. The highest BCUT2D eigenvalue weighted by atomic mass is 16.3. The highest BCUT2D eigenvalue weighted by molar-refractivity contribution is 5.53. The largest absolute Gasteiger partial charge is 0.508 e. The van der Waals surface area contributed by atoms with Gasteiger partial charge in [-0.15, -0.1) is 0 Å². The predicted octanol–water partition coefficient (Wildman–Crippen LogP) is 22.9. The fourth-order valence-corrected chi connectivity index (χ4v) is 13.7. The molecular formula is C82H120O2. The number of phenolic OH excluding ortho intramolecular Hbond substituents is 2. The Bertz CT molecular complexity index is 2860. The van der Waals surface area contributed by atoms with Crippen LogP contribution in [0.15, 0.2) is 84.9 Å². The lowest BCUT2D eigenvalue weighted by Crippen LogP contribution is -2.09. The lowest BCUT2D eigenvalue weighted by Gasteiger charge is -2.22. The molecule has 0 heterocycles. The zero-order valence-corrected chi connectivity index (χ0v) is 56.0. The van der Waals surface area contributed by atoms with Crippen molar-refractivity contribution in [3.05, 3.63) is 196 Å². The summed E-state index contributed by atoms with van der Waals surface area (Å²) in [5, 5.41) is 22.6. The molecule has 0 aliphatic rings. The van der Waals surface area contributed by atoms with Crippen molar-refractivity contribution in [3.8, 4) is 11.5 Å². The van der Waals surface area contributed by atoms with Crippen LogP contribution >= 0.6 is 0 Å². The fraction of sp³-hybridized carbons (Fsp3) is 0.561. The normalized spacial score (nSPS) is 11.4. The van der Waals surface area contributed by atoms with E-state index >= 15 is 0 Å². The molecule has 2 nitrogen and oxygen atoms in total. The molecule has 0 amide bonds. The number of phenols is 2. The molecule has 0 aliphatic carbocycles. The molecule has 0 atom stereocenters. The summed E-state index contributed by atoms with van der Waals surface area (Å²) in [5.41, 5.74) is 29.5. The van der Waals surface area contributed by atoms with Crippen LogP contribution in [-0.2, 0) is 103 Å². The smallest absolute Gasteiger partial charge is 0.119 e. The first kappa shape index (κ1) is 69.7. The second-order valence-electron chi connectivity index (χ2n) is 25.0. The molecule has 0 radical (unpaired) electrons. The Hall–Kier alpha value is -5.08. The van der Waals surface area contributed by atoms with Crippen molar-refractivity contribution in [3.63, 3.8) is 0 Å². The van der Waals surface area contributed by atoms with Gasteiger partial charge < -0.3 is 10.2 Å². The summed E-state index contributed by atoms with van der Waals surface area (Å²) in [7, 11) is 0. The first-order chi connectivity index (χ1) is 41.0. The van der Waals surface area contributed by atoms with Crippen molar-refractivity contribution < 1.29 is 10.2 Å². The van der Waals surface area contributed by atoms with Gasteiger partial charge in [-0.3, -0.25) is 0 Å². The average Bonchev–Trinajstić information content (AvgIpc) is 3.14. The maximum Gasteiger partial charge on any atom is 0.119 e. The van der Waals surface area contributed by atoms with E-state index in [9.17, 15) is 10.2 Å². The Morgan fingerprint density at radius 2 is 0.405 bits per heavy atom. The number of hydrogen-bond donors (Lipinski definition) is 2. The Labute approximate surface area is 516 Å². The van der Waals surface area contributed by atoms with Crippen LogP contribution in [0, 0.1) is 0 Å². The number of unbranched alkanes of at least 4 members (excludes halogenated alkanes) is 6. The summed E-state index contributed by atoms with van der Waals surface area (Å²) in [6.07, 6.45) is 39.3. The number of aryl methyl sites for hydroxylation is 4. The van der Waals surface area contributed by atoms with Gasteiger partial charge in [0.05, 0.1) is 0 Å². The van der Waals surface area contributed by atoms with Crippen LogP contribution in [-0.4, -0.2) is 10.2 Å². The van der Waals surface area contributed by atoms with E-state index in [0.717, 1.165) is 94.6 Å². The molecule has 0 saturated carbocycles. The molecule has 0 bridgehead atoms. The minimum atomic E-state index is 0.443. The molecule has 6 aromatic rings. The van der Waals surface area contributed by atoms with Crippen molar-refractivity contribution in [2.75, 3.05) is 0 Å². The van der Waals surface area contributed by atoms with Gasteiger partial charge >= 0.3 is 0 Å². The lowest BCUT2D eigenvalue weighted by atomic mass is 9.83. The SMILES string of the molecule is CCCCc1ccc(Cc2cccc(O)c2Cc2ccc(CCCC)c(CCCC)c2CCCC)c(CCCC)c1CCCC.CCCc1ccc(Cc2cccc(O)c2Cc2ccc(CCC)c(CCC)c2CCC)c(CCC)c1CCC. The Morgan fingerprint density at radius 3 is 0.690 bits per heavy atom. The Balaban J connectivity index is 0.000000310. The zero-order chi connectivity index (χ0) is 60.6. The van der Waals surface area contributed by atoms with Crippen LogP contribution in [0.2, 0.25) is 0 Å². The number of rotatable bonds is 38. The van der Waals surface area contributed by atoms with Crippen LogP contribution in [0.5, 0.6) is 11.5 Å². The molecule has 6 rings (SSSR count). The number of benzene rings is 6. The van der Waals surface area contributed by atoms with Gasteiger partial charge in [0, 0.05) is 24.0 Å². The van der Waals surface area contributed by atoms with E-state index < -0.39 is 0 Å². The summed E-state index contributed by atoms with van der Waals surface area (Å²) in [4.78, 5) is 0. The Morgan fingerprint density at radius 1 is 0.190 bits per heavy atom. The summed E-state index contributed by atoms with van der Waals surface area (Å²) in [5.74, 6) is 0.901. The predicted molar refractivity (Wildman–Crippen MR) is 369 cm³/mol. The lowest BCUT2D eigenvalue weighted by molar-refractivity contribution is 0.468. The Kier molecular flexibility index (Phi) is 32.2. The average molecular weight is 1140 g/mol. The monoisotopic (exact) mass is 1140 g/mol. The van der Waals surface area contributed by atoms with Crippen molar-refractivity contribution in [2.24, 2.45) is 0 Å². The first-order valence-electron chi connectivity index (χ1n) is 35.1. The molecule has 84 heavy (non-hydrogen) atoms. The van der Waals surface area contributed by atoms with E-state index in [4.69, 9.17) is 0 Å². The van der Waals surface area contributed by atoms with E-state index in [1.54, 1.807) is 61.2 Å². The van der Waals surface area contributed by atoms with Gasteiger partial charge in [0.15, 0.2) is 0 Å². The third-order valence-electron chi connectivity index (χ3n) is 18.3. The molecule has 6 aromatic carbocycles. The minimum Gasteiger partial charge on any atom is -0.508 e. The van der Waals surface area contributed by atoms with E-state index in [-0.39, 0.29) is 0 Å². The second kappa shape index (κ2) is 38.9. The zero-order valence-electron chi connectivity index (χ0n) is 56.0. The molecule has 0 fully saturated rings. The molecule has 0 unspecified atom stereocenters. The molecule has 0 aromatic heterocycles. The van der Waals surface area contributed by atoms with Crippen molar-refractivity contribution in [1.82, 2.24) is 0 Å². The summed E-state index contributed by atoms with van der Waals surface area (Å²) >= 11 is 0. The maximum atomic E-state index is 11.4. The topological polar surface area (TPSA) is 40.5 Å². The van der Waals surface area contributed by atoms with Crippen molar-refractivity contribution in [1.29, 1.82) is 0 Å². The van der Waals surface area contributed by atoms with Crippen LogP contribution in [0.1, 0.15) is 310 Å². The van der Waals surface area contributed by atoms with E-state index in [1.165, 1.54) is 174 Å². The van der Waals surface area contributed by atoms with Crippen LogP contribution in [0.4, 0.5) is 0 Å². The second-order valence-corrected chi connectivity index (χ2v) is 25.0. The molecule has 2 heteroatoms. The van der Waals surface area contributed by atoms with Gasteiger partial charge in [-0.25, -0.2) is 0 Å². The van der Waals surface area contributed by atoms with Crippen molar-refractivity contribution in [2.45, 2.75) is 301 Å². The van der Waals surface area contributed by atoms with Gasteiger partial charge in [0.25, 0.3) is 0 Å². The van der Waals surface area contributed by atoms with Gasteiger partial charge in [-0.05, 0) is 241 Å². The molecule has 2 N–H and O–H groups in total. The molecular weight excluding hydrogens is 1020 g/mol. The third kappa shape index (κ3) is 20.0. The van der Waals surface area contributed by atoms with Crippen LogP contribution in [0.25, 0.3) is 0 Å². The summed E-state index contributed by atoms with van der Waals surface area (Å²) < 4.78 is 0. The number of hydrogen-bond acceptors (Lipinski definition) is 2. The summed E-state index contributed by atoms with van der Waals surface area (Å²) in [6.45, 7) is 27.6. The fourth-order valence-electron chi connectivity index (χ4n) is 13.7. The van der Waals surface area contributed by atoms with E-state index in [2.05, 4.69) is 150 Å². The molecule has 0 spiro atoms. The number of aromatic hydroxyl groups is 2. The minimum absolute atomic E-state index is 0.443. The molecule has 460 valence electrons. The van der Waals surface area contributed by atoms with Gasteiger partial charge in [-0.2, -0.15) is 0 Å². The van der Waals surface area contributed by atoms with E-state index in [0.29, 0.717) is 11.5 Å². The maximum absolute atomic E-state index is 11.4. The molecule has 0 saturated heterocycles. The highest BCUT2D eigenvalue weighted by Crippen LogP contribution is 2.36. The van der Waals surface area contributed by atoms with Crippen LogP contribution in [0.3, 0.4) is 0 Å². The van der Waals surface area contributed by atoms with Crippen molar-refractivity contribution >= 4 is 0 Å². The highest BCUT2D eigenvalue weighted by Gasteiger charge is 2.22. The van der Waals surface area contributed by atoms with Gasteiger partial charge in [0.1, 0.15) is 11.5 Å². The van der Waals surface area contributed by atoms with E-state index in [1.807, 2.05) is 18.2 Å². The quantitative estimate of drug-likeness (QED) is 0.0406. The first-order valence-corrected chi connectivity index (χ1v) is 35.1.